The molecule has 0 saturated carbocycles. The number of hydrogen-bond donors (Lipinski definition) is 1. The highest BCUT2D eigenvalue weighted by Crippen LogP contribution is 2.17. The Kier molecular flexibility index (Phi) is 6.50. The van der Waals surface area contributed by atoms with Crippen molar-refractivity contribution in [3.05, 3.63) is 71.6 Å². The van der Waals surface area contributed by atoms with Gasteiger partial charge in [0.25, 0.3) is 0 Å². The van der Waals surface area contributed by atoms with Gasteiger partial charge in [-0.05, 0) is 47.2 Å². The zero-order valence-electron chi connectivity index (χ0n) is 16.9. The van der Waals surface area contributed by atoms with E-state index in [0.29, 0.717) is 28.9 Å². The van der Waals surface area contributed by atoms with E-state index in [1.165, 1.54) is 40.8 Å². The number of amides is 1. The summed E-state index contributed by atoms with van der Waals surface area (Å²) in [7, 11) is 1.78. The molecular weight excluding hydrogens is 438 g/mol. The number of carbonyl (C=O) groups excluding carboxylic acids is 1. The van der Waals surface area contributed by atoms with Crippen LogP contribution in [0.1, 0.15) is 11.4 Å². The number of benzene rings is 2. The van der Waals surface area contributed by atoms with Crippen LogP contribution in [0, 0.1) is 11.6 Å². The number of carbonyl (C=O) groups is 1. The van der Waals surface area contributed by atoms with E-state index in [4.69, 9.17) is 0 Å². The molecule has 0 aliphatic rings. The minimum atomic E-state index is -0.339. The Morgan fingerprint density at radius 2 is 1.69 bits per heavy atom. The van der Waals surface area contributed by atoms with Gasteiger partial charge in [0.15, 0.2) is 11.0 Å². The molecule has 0 radical (unpaired) electrons. The van der Waals surface area contributed by atoms with Crippen LogP contribution in [-0.4, -0.2) is 46.6 Å². The Morgan fingerprint density at radius 3 is 2.41 bits per heavy atom. The lowest BCUT2D eigenvalue weighted by Crippen LogP contribution is -2.24. The molecule has 2 aromatic heterocycles. The highest BCUT2D eigenvalue weighted by molar-refractivity contribution is 7.99. The smallest absolute Gasteiger partial charge is 0.230 e. The van der Waals surface area contributed by atoms with Gasteiger partial charge >= 0.3 is 0 Å². The third-order valence-electron chi connectivity index (χ3n) is 4.50. The van der Waals surface area contributed by atoms with E-state index >= 15 is 0 Å². The van der Waals surface area contributed by atoms with E-state index in [0.717, 1.165) is 5.56 Å². The van der Waals surface area contributed by atoms with E-state index in [1.54, 1.807) is 35.9 Å². The molecule has 12 heteroatoms. The topological polar surface area (TPSA) is 103 Å². The highest BCUT2D eigenvalue weighted by atomic mass is 32.2. The van der Waals surface area contributed by atoms with E-state index in [-0.39, 0.29) is 29.8 Å². The Balaban J connectivity index is 1.31. The maximum atomic E-state index is 13.1. The summed E-state index contributed by atoms with van der Waals surface area (Å²) in [6, 6.07) is 11.8. The van der Waals surface area contributed by atoms with Crippen molar-refractivity contribution in [1.82, 2.24) is 40.3 Å². The van der Waals surface area contributed by atoms with Crippen LogP contribution in [0.15, 0.2) is 53.7 Å². The van der Waals surface area contributed by atoms with Crippen molar-refractivity contribution in [3.8, 4) is 11.4 Å². The summed E-state index contributed by atoms with van der Waals surface area (Å²) in [4.78, 5) is 13.5. The second kappa shape index (κ2) is 9.64. The van der Waals surface area contributed by atoms with Gasteiger partial charge in [0, 0.05) is 19.2 Å². The van der Waals surface area contributed by atoms with Gasteiger partial charge in [-0.1, -0.05) is 23.9 Å². The lowest BCUT2D eigenvalue weighted by molar-refractivity contribution is -0.118. The second-order valence-electron chi connectivity index (χ2n) is 6.80. The molecule has 0 aliphatic heterocycles. The molecule has 0 fully saturated rings. The van der Waals surface area contributed by atoms with Crippen molar-refractivity contribution in [2.45, 2.75) is 18.2 Å². The Hall–Kier alpha value is -3.67. The molecule has 0 aliphatic carbocycles. The average Bonchev–Trinajstić information content (AvgIpc) is 3.40. The number of rotatable bonds is 8. The molecule has 1 amide bonds. The predicted molar refractivity (Wildman–Crippen MR) is 112 cm³/mol. The molecule has 2 aromatic carbocycles. The van der Waals surface area contributed by atoms with Gasteiger partial charge in [0.05, 0.1) is 5.75 Å². The zero-order chi connectivity index (χ0) is 22.5. The van der Waals surface area contributed by atoms with Gasteiger partial charge in [-0.15, -0.1) is 20.4 Å². The first kappa shape index (κ1) is 21.6. The fraction of sp³-hybridized carbons (Fsp3) is 0.200. The van der Waals surface area contributed by atoms with Crippen molar-refractivity contribution in [1.29, 1.82) is 0 Å². The summed E-state index contributed by atoms with van der Waals surface area (Å²) in [5, 5.41) is 23.9. The normalized spacial score (nSPS) is 11.0. The van der Waals surface area contributed by atoms with Gasteiger partial charge in [-0.3, -0.25) is 4.79 Å². The number of halogens is 2. The third kappa shape index (κ3) is 5.32. The molecule has 2 heterocycles. The van der Waals surface area contributed by atoms with E-state index in [1.807, 2.05) is 0 Å². The second-order valence-corrected chi connectivity index (χ2v) is 7.74. The third-order valence-corrected chi connectivity index (χ3v) is 5.52. The summed E-state index contributed by atoms with van der Waals surface area (Å²) < 4.78 is 27.8. The molecule has 9 nitrogen and oxygen atoms in total. The number of tetrazole rings is 1. The molecule has 32 heavy (non-hydrogen) atoms. The maximum Gasteiger partial charge on any atom is 0.230 e. The number of hydrogen-bond acceptors (Lipinski definition) is 7. The lowest BCUT2D eigenvalue weighted by Gasteiger charge is -2.06. The summed E-state index contributed by atoms with van der Waals surface area (Å²) in [5.41, 5.74) is 1.46. The minimum Gasteiger partial charge on any atom is -0.351 e. The van der Waals surface area contributed by atoms with Crippen LogP contribution in [0.4, 0.5) is 8.78 Å². The summed E-state index contributed by atoms with van der Waals surface area (Å²) in [6.07, 6.45) is 0. The van der Waals surface area contributed by atoms with E-state index in [9.17, 15) is 13.6 Å². The van der Waals surface area contributed by atoms with Crippen molar-refractivity contribution < 1.29 is 13.6 Å². The molecule has 0 spiro atoms. The fourth-order valence-electron chi connectivity index (χ4n) is 2.74. The van der Waals surface area contributed by atoms with Crippen LogP contribution >= 0.6 is 11.8 Å². The number of aromatic nitrogens is 7. The molecule has 4 rings (SSSR count). The molecule has 1 N–H and O–H groups in total. The predicted octanol–water partition coefficient (Wildman–Crippen LogP) is 2.20. The fourth-order valence-corrected chi connectivity index (χ4v) is 3.50. The Morgan fingerprint density at radius 1 is 1.00 bits per heavy atom. The van der Waals surface area contributed by atoms with Crippen LogP contribution in [0.25, 0.3) is 11.4 Å². The quantitative estimate of drug-likeness (QED) is 0.406. The summed E-state index contributed by atoms with van der Waals surface area (Å²) in [5.74, 6) is 0.284. The van der Waals surface area contributed by atoms with Crippen molar-refractivity contribution in [2.75, 3.05) is 5.75 Å². The molecule has 164 valence electrons. The molecule has 4 aromatic rings. The summed E-state index contributed by atoms with van der Waals surface area (Å²) in [6.45, 7) is 0.549. The highest BCUT2D eigenvalue weighted by Gasteiger charge is 2.14. The maximum absolute atomic E-state index is 13.1. The average molecular weight is 456 g/mol. The number of nitrogens with zero attached hydrogens (tertiary/aromatic N) is 7. The standard InChI is InChI=1S/C20H18F2N8OS/c1-29-17(11-30-27-19(25-28-30)14-4-8-16(22)9-5-14)24-26-20(29)32-12-18(31)23-10-13-2-6-15(21)7-3-13/h2-9H,10-12H2,1H3,(H,23,31). The molecule has 0 unspecified atom stereocenters. The van der Waals surface area contributed by atoms with Gasteiger partial charge < -0.3 is 9.88 Å². The van der Waals surface area contributed by atoms with Crippen LogP contribution in [-0.2, 0) is 24.9 Å². The van der Waals surface area contributed by atoms with E-state index < -0.39 is 0 Å². The monoisotopic (exact) mass is 456 g/mol. The first-order chi connectivity index (χ1) is 15.5. The minimum absolute atomic E-state index is 0.156. The van der Waals surface area contributed by atoms with Gasteiger partial charge in [0.2, 0.25) is 11.7 Å². The van der Waals surface area contributed by atoms with Gasteiger partial charge in [0.1, 0.15) is 18.2 Å². The van der Waals surface area contributed by atoms with Crippen LogP contribution in [0.5, 0.6) is 0 Å². The lowest BCUT2D eigenvalue weighted by atomic mass is 10.2. The summed E-state index contributed by atoms with van der Waals surface area (Å²) >= 11 is 1.24. The molecular formula is C20H18F2N8OS. The molecule has 0 bridgehead atoms. The van der Waals surface area contributed by atoms with Crippen molar-refractivity contribution in [3.63, 3.8) is 0 Å². The largest absolute Gasteiger partial charge is 0.351 e. The number of thioether (sulfide) groups is 1. The number of nitrogens with one attached hydrogen (secondary N) is 1. The first-order valence-electron chi connectivity index (χ1n) is 9.54. The SMILES string of the molecule is Cn1c(Cn2nnc(-c3ccc(F)cc3)n2)nnc1SCC(=O)NCc1ccc(F)cc1. The van der Waals surface area contributed by atoms with Crippen molar-refractivity contribution >= 4 is 17.7 Å². The first-order valence-corrected chi connectivity index (χ1v) is 10.5. The van der Waals surface area contributed by atoms with Crippen LogP contribution in [0.2, 0.25) is 0 Å². The van der Waals surface area contributed by atoms with E-state index in [2.05, 4.69) is 30.9 Å². The van der Waals surface area contributed by atoms with Crippen LogP contribution in [0.3, 0.4) is 0 Å². The molecule has 0 atom stereocenters. The Labute approximate surface area is 185 Å². The van der Waals surface area contributed by atoms with Crippen LogP contribution < -0.4 is 5.32 Å². The zero-order valence-corrected chi connectivity index (χ0v) is 17.8. The van der Waals surface area contributed by atoms with Gasteiger partial charge in [-0.2, -0.15) is 4.80 Å². The Bertz CT molecular complexity index is 1210. The van der Waals surface area contributed by atoms with Crippen molar-refractivity contribution in [2.24, 2.45) is 7.05 Å². The van der Waals surface area contributed by atoms with Gasteiger partial charge in [-0.25, -0.2) is 8.78 Å². The molecule has 0 saturated heterocycles.